The number of likely N-dealkylation sites (tertiary alicyclic amines) is 1. The Hall–Kier alpha value is -1.52. The molecule has 1 aromatic carbocycles. The van der Waals surface area contributed by atoms with Crippen molar-refractivity contribution < 1.29 is 0 Å². The Bertz CT molecular complexity index is 573. The maximum absolute atomic E-state index is 5.74. The Kier molecular flexibility index (Phi) is 4.78. The Labute approximate surface area is 130 Å². The molecule has 2 N–H and O–H groups in total. The van der Waals surface area contributed by atoms with Crippen LogP contribution in [0.1, 0.15) is 12.0 Å². The third-order valence-electron chi connectivity index (χ3n) is 3.85. The normalized spacial score (nSPS) is 19.0. The Morgan fingerprint density at radius 3 is 2.90 bits per heavy atom. The van der Waals surface area contributed by atoms with E-state index in [1.54, 1.807) is 6.20 Å². The summed E-state index contributed by atoms with van der Waals surface area (Å²) in [7, 11) is 0. The second kappa shape index (κ2) is 6.96. The van der Waals surface area contributed by atoms with E-state index in [0.29, 0.717) is 5.82 Å². The van der Waals surface area contributed by atoms with Crippen LogP contribution < -0.4 is 5.73 Å². The number of rotatable bonds is 5. The number of anilines is 1. The quantitative estimate of drug-likeness (QED) is 0.860. The average Bonchev–Trinajstić information content (AvgIpc) is 2.94. The van der Waals surface area contributed by atoms with Gasteiger partial charge in [0.1, 0.15) is 5.82 Å². The summed E-state index contributed by atoms with van der Waals surface area (Å²) in [5, 5.41) is 0. The van der Waals surface area contributed by atoms with Crippen molar-refractivity contribution in [2.75, 3.05) is 24.6 Å². The van der Waals surface area contributed by atoms with Gasteiger partial charge in [-0.05, 0) is 48.7 Å². The van der Waals surface area contributed by atoms with Gasteiger partial charge in [0.15, 0.2) is 0 Å². The minimum Gasteiger partial charge on any atom is -0.384 e. The van der Waals surface area contributed by atoms with E-state index in [0.717, 1.165) is 12.5 Å². The summed E-state index contributed by atoms with van der Waals surface area (Å²) in [5.41, 5.74) is 7.00. The highest BCUT2D eigenvalue weighted by molar-refractivity contribution is 7.99. The molecule has 0 amide bonds. The van der Waals surface area contributed by atoms with Crippen molar-refractivity contribution in [3.8, 4) is 0 Å². The lowest BCUT2D eigenvalue weighted by atomic mass is 10.2. The van der Waals surface area contributed by atoms with Crippen molar-refractivity contribution in [2.45, 2.75) is 17.9 Å². The number of nitrogens with zero attached hydrogens (tertiary/aromatic N) is 2. The molecule has 0 bridgehead atoms. The molecular formula is C17H21N3S. The molecule has 4 heteroatoms. The van der Waals surface area contributed by atoms with E-state index in [-0.39, 0.29) is 0 Å². The van der Waals surface area contributed by atoms with Gasteiger partial charge in [0.25, 0.3) is 0 Å². The highest BCUT2D eigenvalue weighted by Gasteiger charge is 2.22. The fraction of sp³-hybridized carbons (Fsp3) is 0.353. The molecule has 0 radical (unpaired) electrons. The standard InChI is InChI=1S/C17H21N3S/c18-17-10-14(6-8-19-17)11-20-9-7-15(12-20)13-21-16-4-2-1-3-5-16/h1-6,8,10,15H,7,9,11-13H2,(H2,18,19). The van der Waals surface area contributed by atoms with Gasteiger partial charge in [-0.25, -0.2) is 4.98 Å². The Morgan fingerprint density at radius 1 is 1.24 bits per heavy atom. The van der Waals surface area contributed by atoms with Gasteiger partial charge in [-0.1, -0.05) is 18.2 Å². The second-order valence-electron chi connectivity index (χ2n) is 5.60. The molecule has 1 aliphatic rings. The minimum absolute atomic E-state index is 0.614. The molecule has 1 fully saturated rings. The van der Waals surface area contributed by atoms with E-state index < -0.39 is 0 Å². The number of benzene rings is 1. The van der Waals surface area contributed by atoms with Gasteiger partial charge in [-0.15, -0.1) is 11.8 Å². The summed E-state index contributed by atoms with van der Waals surface area (Å²) < 4.78 is 0. The number of nitrogen functional groups attached to an aromatic ring is 1. The molecule has 1 saturated heterocycles. The van der Waals surface area contributed by atoms with Gasteiger partial charge in [0.05, 0.1) is 0 Å². The van der Waals surface area contributed by atoms with Gasteiger partial charge >= 0.3 is 0 Å². The maximum Gasteiger partial charge on any atom is 0.123 e. The number of nitrogens with two attached hydrogens (primary N) is 1. The average molecular weight is 299 g/mol. The fourth-order valence-electron chi connectivity index (χ4n) is 2.77. The molecule has 1 aliphatic heterocycles. The van der Waals surface area contributed by atoms with E-state index in [4.69, 9.17) is 5.73 Å². The van der Waals surface area contributed by atoms with E-state index in [9.17, 15) is 0 Å². The topological polar surface area (TPSA) is 42.1 Å². The van der Waals surface area contributed by atoms with Crippen LogP contribution in [-0.4, -0.2) is 28.7 Å². The van der Waals surface area contributed by atoms with Crippen LogP contribution in [-0.2, 0) is 6.54 Å². The number of pyridine rings is 1. The summed E-state index contributed by atoms with van der Waals surface area (Å²) in [6.45, 7) is 3.35. The van der Waals surface area contributed by atoms with Crippen molar-refractivity contribution in [3.63, 3.8) is 0 Å². The number of aromatic nitrogens is 1. The predicted octanol–water partition coefficient (Wildman–Crippen LogP) is 3.28. The maximum atomic E-state index is 5.74. The summed E-state index contributed by atoms with van der Waals surface area (Å²) in [6, 6.07) is 14.7. The number of hydrogen-bond acceptors (Lipinski definition) is 4. The van der Waals surface area contributed by atoms with E-state index >= 15 is 0 Å². The van der Waals surface area contributed by atoms with Crippen molar-refractivity contribution in [2.24, 2.45) is 5.92 Å². The third-order valence-corrected chi connectivity index (χ3v) is 5.09. The highest BCUT2D eigenvalue weighted by atomic mass is 32.2. The zero-order chi connectivity index (χ0) is 14.5. The van der Waals surface area contributed by atoms with Crippen LogP contribution in [0.5, 0.6) is 0 Å². The predicted molar refractivity (Wildman–Crippen MR) is 89.2 cm³/mol. The van der Waals surface area contributed by atoms with Crippen molar-refractivity contribution in [1.82, 2.24) is 9.88 Å². The minimum atomic E-state index is 0.614. The molecule has 110 valence electrons. The molecule has 3 rings (SSSR count). The second-order valence-corrected chi connectivity index (χ2v) is 6.70. The molecule has 1 atom stereocenters. The van der Waals surface area contributed by atoms with E-state index in [2.05, 4.69) is 46.3 Å². The van der Waals surface area contributed by atoms with Crippen LogP contribution in [0.25, 0.3) is 0 Å². The molecule has 21 heavy (non-hydrogen) atoms. The van der Waals surface area contributed by atoms with E-state index in [1.807, 2.05) is 17.8 Å². The van der Waals surface area contributed by atoms with Crippen LogP contribution in [0.3, 0.4) is 0 Å². The van der Waals surface area contributed by atoms with Crippen molar-refractivity contribution >= 4 is 17.6 Å². The highest BCUT2D eigenvalue weighted by Crippen LogP contribution is 2.26. The zero-order valence-corrected chi connectivity index (χ0v) is 12.9. The largest absolute Gasteiger partial charge is 0.384 e. The van der Waals surface area contributed by atoms with Crippen LogP contribution >= 0.6 is 11.8 Å². The summed E-state index contributed by atoms with van der Waals surface area (Å²) in [4.78, 5) is 7.94. The lowest BCUT2D eigenvalue weighted by Gasteiger charge is -2.16. The summed E-state index contributed by atoms with van der Waals surface area (Å²) >= 11 is 1.97. The van der Waals surface area contributed by atoms with Crippen LogP contribution in [0.4, 0.5) is 5.82 Å². The fourth-order valence-corrected chi connectivity index (χ4v) is 3.82. The molecule has 2 aromatic rings. The van der Waals surface area contributed by atoms with Gasteiger partial charge in [-0.3, -0.25) is 4.90 Å². The van der Waals surface area contributed by atoms with Gasteiger partial charge in [0, 0.05) is 29.9 Å². The van der Waals surface area contributed by atoms with Gasteiger partial charge in [-0.2, -0.15) is 0 Å². The molecule has 1 unspecified atom stereocenters. The lowest BCUT2D eigenvalue weighted by molar-refractivity contribution is 0.321. The van der Waals surface area contributed by atoms with Crippen LogP contribution in [0.2, 0.25) is 0 Å². The van der Waals surface area contributed by atoms with Crippen molar-refractivity contribution in [3.05, 3.63) is 54.2 Å². The molecular weight excluding hydrogens is 278 g/mol. The zero-order valence-electron chi connectivity index (χ0n) is 12.1. The summed E-state index contributed by atoms with van der Waals surface area (Å²) in [5.74, 6) is 2.61. The lowest BCUT2D eigenvalue weighted by Crippen LogP contribution is -2.20. The summed E-state index contributed by atoms with van der Waals surface area (Å²) in [6.07, 6.45) is 3.09. The first-order chi connectivity index (χ1) is 10.3. The van der Waals surface area contributed by atoms with Crippen LogP contribution in [0.15, 0.2) is 53.6 Å². The molecule has 3 nitrogen and oxygen atoms in total. The monoisotopic (exact) mass is 299 g/mol. The first-order valence-electron chi connectivity index (χ1n) is 7.40. The van der Waals surface area contributed by atoms with E-state index in [1.165, 1.54) is 35.7 Å². The molecule has 0 saturated carbocycles. The Morgan fingerprint density at radius 2 is 2.10 bits per heavy atom. The van der Waals surface area contributed by atoms with Gasteiger partial charge in [0.2, 0.25) is 0 Å². The Balaban J connectivity index is 1.47. The van der Waals surface area contributed by atoms with Gasteiger partial charge < -0.3 is 5.73 Å². The molecule has 0 aliphatic carbocycles. The first kappa shape index (κ1) is 14.4. The van der Waals surface area contributed by atoms with Crippen LogP contribution in [0, 0.1) is 5.92 Å². The SMILES string of the molecule is Nc1cc(CN2CCC(CSc3ccccc3)C2)ccn1. The third kappa shape index (κ3) is 4.22. The van der Waals surface area contributed by atoms with Crippen molar-refractivity contribution in [1.29, 1.82) is 0 Å². The molecule has 0 spiro atoms. The number of hydrogen-bond donors (Lipinski definition) is 1. The molecule has 1 aromatic heterocycles. The smallest absolute Gasteiger partial charge is 0.123 e. The first-order valence-corrected chi connectivity index (χ1v) is 8.39. The molecule has 2 heterocycles. The number of thioether (sulfide) groups is 1.